The number of halogens is 1. The molecule has 26 heavy (non-hydrogen) atoms. The van der Waals surface area contributed by atoms with E-state index in [2.05, 4.69) is 5.32 Å². The number of nitro benzene ring substituents is 1. The van der Waals surface area contributed by atoms with E-state index in [4.69, 9.17) is 4.74 Å². The number of nitrogens with one attached hydrogen (secondary N) is 1. The van der Waals surface area contributed by atoms with Gasteiger partial charge in [0, 0.05) is 31.4 Å². The van der Waals surface area contributed by atoms with E-state index in [1.165, 1.54) is 30.3 Å². The van der Waals surface area contributed by atoms with Crippen LogP contribution in [0, 0.1) is 15.9 Å². The predicted octanol–water partition coefficient (Wildman–Crippen LogP) is 2.99. The van der Waals surface area contributed by atoms with Gasteiger partial charge in [-0.25, -0.2) is 4.39 Å². The third-order valence-corrected chi connectivity index (χ3v) is 4.31. The van der Waals surface area contributed by atoms with Gasteiger partial charge < -0.3 is 15.0 Å². The zero-order valence-corrected chi connectivity index (χ0v) is 14.1. The second-order valence-electron chi connectivity index (χ2n) is 5.90. The molecule has 0 bridgehead atoms. The van der Waals surface area contributed by atoms with Crippen molar-refractivity contribution in [2.75, 3.05) is 32.1 Å². The minimum atomic E-state index is -0.531. The fraction of sp³-hybridized carbons (Fsp3) is 0.278. The first kappa shape index (κ1) is 17.8. The number of amides is 1. The molecule has 3 rings (SSSR count). The number of rotatable bonds is 4. The Morgan fingerprint density at radius 3 is 2.69 bits per heavy atom. The van der Waals surface area contributed by atoms with Gasteiger partial charge in [-0.05, 0) is 23.8 Å². The molecule has 136 valence electrons. The zero-order valence-electron chi connectivity index (χ0n) is 14.1. The molecule has 0 radical (unpaired) electrons. The monoisotopic (exact) mass is 359 g/mol. The van der Waals surface area contributed by atoms with Crippen LogP contribution in [0.5, 0.6) is 0 Å². The van der Waals surface area contributed by atoms with E-state index in [-0.39, 0.29) is 35.6 Å². The summed E-state index contributed by atoms with van der Waals surface area (Å²) >= 11 is 0. The molecule has 1 heterocycles. The van der Waals surface area contributed by atoms with Crippen LogP contribution in [0.1, 0.15) is 22.0 Å². The highest BCUT2D eigenvalue weighted by Gasteiger charge is 2.28. The molecule has 1 fully saturated rings. The fourth-order valence-electron chi connectivity index (χ4n) is 2.92. The number of nitro groups is 1. The Morgan fingerprint density at radius 1 is 1.31 bits per heavy atom. The van der Waals surface area contributed by atoms with Crippen molar-refractivity contribution in [1.82, 2.24) is 4.90 Å². The Hall–Kier alpha value is -3.00. The number of carbonyl (C=O) groups excluding carboxylic acids is 1. The lowest BCUT2D eigenvalue weighted by atomic mass is 10.1. The van der Waals surface area contributed by atoms with Crippen LogP contribution in [-0.2, 0) is 4.74 Å². The summed E-state index contributed by atoms with van der Waals surface area (Å²) in [5.41, 5.74) is 1.39. The molecular weight excluding hydrogens is 341 g/mol. The predicted molar refractivity (Wildman–Crippen MR) is 93.6 cm³/mol. The molecule has 1 N–H and O–H groups in total. The average Bonchev–Trinajstić information content (AvgIpc) is 2.67. The highest BCUT2D eigenvalue weighted by atomic mass is 19.1. The summed E-state index contributed by atoms with van der Waals surface area (Å²) in [5.74, 6) is -0.652. The summed E-state index contributed by atoms with van der Waals surface area (Å²) in [4.78, 5) is 25.0. The maximum atomic E-state index is 13.1. The number of carbonyl (C=O) groups is 1. The summed E-state index contributed by atoms with van der Waals surface area (Å²) < 4.78 is 18.8. The first-order chi connectivity index (χ1) is 12.5. The summed E-state index contributed by atoms with van der Waals surface area (Å²) in [7, 11) is 1.65. The van der Waals surface area contributed by atoms with Crippen molar-refractivity contribution in [3.8, 4) is 0 Å². The molecule has 2 aromatic rings. The van der Waals surface area contributed by atoms with Gasteiger partial charge in [-0.3, -0.25) is 14.9 Å². The molecule has 0 spiro atoms. The molecule has 8 heteroatoms. The molecule has 1 saturated heterocycles. The average molecular weight is 359 g/mol. The quantitative estimate of drug-likeness (QED) is 0.670. The number of nitrogens with zero attached hydrogens (tertiary/aromatic N) is 2. The van der Waals surface area contributed by atoms with Crippen molar-refractivity contribution >= 4 is 17.3 Å². The van der Waals surface area contributed by atoms with Crippen molar-refractivity contribution in [2.45, 2.75) is 6.10 Å². The maximum absolute atomic E-state index is 13.1. The van der Waals surface area contributed by atoms with E-state index in [9.17, 15) is 19.3 Å². The lowest BCUT2D eigenvalue weighted by molar-refractivity contribution is -0.384. The Morgan fingerprint density at radius 2 is 2.04 bits per heavy atom. The summed E-state index contributed by atoms with van der Waals surface area (Å²) in [6.07, 6.45) is -0.370. The van der Waals surface area contributed by atoms with Crippen molar-refractivity contribution in [2.24, 2.45) is 0 Å². The highest BCUT2D eigenvalue weighted by Crippen LogP contribution is 2.27. The van der Waals surface area contributed by atoms with Gasteiger partial charge in [-0.1, -0.05) is 12.1 Å². The van der Waals surface area contributed by atoms with Gasteiger partial charge in [-0.15, -0.1) is 0 Å². The Kier molecular flexibility index (Phi) is 5.13. The number of ether oxygens (including phenoxy) is 1. The third-order valence-electron chi connectivity index (χ3n) is 4.31. The summed E-state index contributed by atoms with van der Waals surface area (Å²) in [5, 5.41) is 13.9. The second-order valence-corrected chi connectivity index (χ2v) is 5.90. The van der Waals surface area contributed by atoms with Gasteiger partial charge >= 0.3 is 0 Å². The van der Waals surface area contributed by atoms with E-state index in [1.807, 2.05) is 0 Å². The number of anilines is 1. The van der Waals surface area contributed by atoms with E-state index >= 15 is 0 Å². The van der Waals surface area contributed by atoms with Gasteiger partial charge in [0.2, 0.25) is 0 Å². The molecule has 1 aliphatic heterocycles. The molecule has 1 amide bonds. The molecular formula is C18H18FN3O4. The largest absolute Gasteiger partial charge is 0.387 e. The van der Waals surface area contributed by atoms with E-state index in [0.29, 0.717) is 18.8 Å². The number of hydrogen-bond donors (Lipinski definition) is 1. The van der Waals surface area contributed by atoms with Crippen LogP contribution in [0.15, 0.2) is 42.5 Å². The maximum Gasteiger partial charge on any atom is 0.270 e. The van der Waals surface area contributed by atoms with Crippen LogP contribution in [0.4, 0.5) is 15.8 Å². The van der Waals surface area contributed by atoms with Crippen molar-refractivity contribution in [3.63, 3.8) is 0 Å². The summed E-state index contributed by atoms with van der Waals surface area (Å²) in [6.45, 7) is 0.996. The smallest absolute Gasteiger partial charge is 0.270 e. The molecule has 1 atom stereocenters. The van der Waals surface area contributed by atoms with Crippen LogP contribution in [-0.4, -0.2) is 42.5 Å². The lowest BCUT2D eigenvalue weighted by Gasteiger charge is -2.33. The molecule has 0 aliphatic carbocycles. The molecule has 0 aromatic heterocycles. The first-order valence-electron chi connectivity index (χ1n) is 8.12. The fourth-order valence-corrected chi connectivity index (χ4v) is 2.92. The first-order valence-corrected chi connectivity index (χ1v) is 8.12. The summed E-state index contributed by atoms with van der Waals surface area (Å²) in [6, 6.07) is 10.1. The second kappa shape index (κ2) is 7.49. The number of morpholine rings is 1. The molecule has 2 aromatic carbocycles. The van der Waals surface area contributed by atoms with Crippen molar-refractivity contribution in [1.29, 1.82) is 0 Å². The molecule has 7 nitrogen and oxygen atoms in total. The number of non-ortho nitro benzene ring substituents is 1. The minimum absolute atomic E-state index is 0.143. The van der Waals surface area contributed by atoms with Crippen LogP contribution >= 0.6 is 0 Å². The van der Waals surface area contributed by atoms with Gasteiger partial charge in [0.25, 0.3) is 11.6 Å². The minimum Gasteiger partial charge on any atom is -0.387 e. The van der Waals surface area contributed by atoms with Crippen LogP contribution in [0.25, 0.3) is 0 Å². The topological polar surface area (TPSA) is 84.7 Å². The van der Waals surface area contributed by atoms with E-state index in [1.54, 1.807) is 24.1 Å². The highest BCUT2D eigenvalue weighted by molar-refractivity contribution is 6.00. The van der Waals surface area contributed by atoms with Crippen LogP contribution in [0.2, 0.25) is 0 Å². The SMILES string of the molecule is CNc1ccc([N+](=O)[O-])cc1C(=O)N1CCOC(c2ccc(F)cc2)C1. The van der Waals surface area contributed by atoms with Gasteiger partial charge in [0.15, 0.2) is 0 Å². The van der Waals surface area contributed by atoms with Crippen LogP contribution in [0.3, 0.4) is 0 Å². The van der Waals surface area contributed by atoms with Gasteiger partial charge in [0.05, 0.1) is 23.6 Å². The third kappa shape index (κ3) is 3.65. The van der Waals surface area contributed by atoms with E-state index in [0.717, 1.165) is 5.56 Å². The van der Waals surface area contributed by atoms with Gasteiger partial charge in [-0.2, -0.15) is 0 Å². The Bertz CT molecular complexity index is 826. The number of hydrogen-bond acceptors (Lipinski definition) is 5. The van der Waals surface area contributed by atoms with Crippen molar-refractivity contribution in [3.05, 3.63) is 69.5 Å². The normalized spacial score (nSPS) is 17.0. The number of benzene rings is 2. The molecule has 0 saturated carbocycles. The lowest BCUT2D eigenvalue weighted by Crippen LogP contribution is -2.42. The van der Waals surface area contributed by atoms with Gasteiger partial charge in [0.1, 0.15) is 11.9 Å². The molecule has 1 aliphatic rings. The Balaban J connectivity index is 1.84. The Labute approximate surface area is 149 Å². The standard InChI is InChI=1S/C18H18FN3O4/c1-20-16-7-6-14(22(24)25)10-15(16)18(23)21-8-9-26-17(11-21)12-2-4-13(19)5-3-12/h2-7,10,17,20H,8-9,11H2,1H3. The zero-order chi connectivity index (χ0) is 18.7. The van der Waals surface area contributed by atoms with Crippen molar-refractivity contribution < 1.29 is 18.8 Å². The van der Waals surface area contributed by atoms with E-state index < -0.39 is 4.92 Å². The molecule has 1 unspecified atom stereocenters. The van der Waals surface area contributed by atoms with Crippen LogP contribution < -0.4 is 5.32 Å².